The molecule has 28 heavy (non-hydrogen) atoms. The number of hydrogen-bond acceptors (Lipinski definition) is 4. The fraction of sp³-hybridized carbons (Fsp3) is 0.350. The Balaban J connectivity index is 1.56. The number of benzene rings is 2. The fourth-order valence-electron chi connectivity index (χ4n) is 3.34. The van der Waals surface area contributed by atoms with Crippen LogP contribution < -0.4 is 9.64 Å². The number of amides is 1. The second-order valence-electron chi connectivity index (χ2n) is 6.87. The third-order valence-corrected chi connectivity index (χ3v) is 4.85. The van der Waals surface area contributed by atoms with Crippen molar-refractivity contribution in [3.63, 3.8) is 0 Å². The van der Waals surface area contributed by atoms with Crippen LogP contribution in [0.4, 0.5) is 10.1 Å². The molecule has 1 atom stereocenters. The van der Waals surface area contributed by atoms with Crippen molar-refractivity contribution in [1.29, 1.82) is 0 Å². The molecule has 1 aliphatic heterocycles. The maximum absolute atomic E-state index is 13.4. The van der Waals surface area contributed by atoms with Gasteiger partial charge in [0.2, 0.25) is 5.75 Å². The molecule has 1 saturated heterocycles. The van der Waals surface area contributed by atoms with Gasteiger partial charge in [-0.05, 0) is 13.0 Å². The molecule has 0 bridgehead atoms. The zero-order valence-corrected chi connectivity index (χ0v) is 15.6. The Bertz CT molecular complexity index is 839. The molecule has 1 fully saturated rings. The van der Waals surface area contributed by atoms with Crippen molar-refractivity contribution in [3.05, 3.63) is 70.0 Å². The number of ether oxygens (including phenoxy) is 1. The lowest BCUT2D eigenvalue weighted by atomic mass is 10.2. The fourth-order valence-corrected chi connectivity index (χ4v) is 3.34. The van der Waals surface area contributed by atoms with Crippen molar-refractivity contribution >= 4 is 11.6 Å². The van der Waals surface area contributed by atoms with Gasteiger partial charge in [-0.3, -0.25) is 14.9 Å². The van der Waals surface area contributed by atoms with Crippen LogP contribution >= 0.6 is 0 Å². The van der Waals surface area contributed by atoms with Crippen molar-refractivity contribution in [2.75, 3.05) is 26.2 Å². The first-order chi connectivity index (χ1) is 13.4. The van der Waals surface area contributed by atoms with Crippen LogP contribution in [0.3, 0.4) is 0 Å². The van der Waals surface area contributed by atoms with Gasteiger partial charge < -0.3 is 14.5 Å². The number of nitro benzene ring substituents is 1. The Labute approximate surface area is 162 Å². The van der Waals surface area contributed by atoms with E-state index in [0.29, 0.717) is 13.1 Å². The Kier molecular flexibility index (Phi) is 6.20. The van der Waals surface area contributed by atoms with E-state index >= 15 is 0 Å². The van der Waals surface area contributed by atoms with E-state index in [9.17, 15) is 19.3 Å². The summed E-state index contributed by atoms with van der Waals surface area (Å²) in [6, 6.07) is 13.2. The smallest absolute Gasteiger partial charge is 0.311 e. The summed E-state index contributed by atoms with van der Waals surface area (Å²) in [5, 5.41) is 11.1. The van der Waals surface area contributed by atoms with E-state index in [1.54, 1.807) is 4.90 Å². The monoisotopic (exact) mass is 388 g/mol. The molecule has 2 aromatic rings. The van der Waals surface area contributed by atoms with E-state index in [4.69, 9.17) is 4.74 Å². The molecule has 0 spiro atoms. The molecular formula is C20H23FN3O4+. The quantitative estimate of drug-likeness (QED) is 0.600. The van der Waals surface area contributed by atoms with Crippen LogP contribution in [0.15, 0.2) is 48.5 Å². The zero-order chi connectivity index (χ0) is 20.1. The molecule has 0 aliphatic carbocycles. The molecule has 3 rings (SSSR count). The molecule has 0 radical (unpaired) electrons. The Morgan fingerprint density at radius 2 is 1.93 bits per heavy atom. The standard InChI is InChI=1S/C20H22FN3O4/c1-15(28-19-13-17(21)7-8-18(19)24(26)27)20(25)23-11-9-22(10-12-23)14-16-5-3-2-4-6-16/h2-8,13,15H,9-12,14H2,1H3/p+1/t15-/m1/s1. The van der Waals surface area contributed by atoms with E-state index in [-0.39, 0.29) is 17.3 Å². The van der Waals surface area contributed by atoms with Gasteiger partial charge in [0.05, 0.1) is 31.1 Å². The zero-order valence-electron chi connectivity index (χ0n) is 15.6. The number of nitrogens with one attached hydrogen (secondary N) is 1. The number of piperazine rings is 1. The van der Waals surface area contributed by atoms with Crippen molar-refractivity contribution in [2.45, 2.75) is 19.6 Å². The molecule has 0 unspecified atom stereocenters. The lowest BCUT2D eigenvalue weighted by Gasteiger charge is -2.33. The summed E-state index contributed by atoms with van der Waals surface area (Å²) < 4.78 is 18.9. The SMILES string of the molecule is C[C@@H](Oc1cc(F)ccc1[N+](=O)[O-])C(=O)N1CC[NH+](Cc2ccccc2)CC1. The Morgan fingerprint density at radius 1 is 1.25 bits per heavy atom. The minimum absolute atomic E-state index is 0.237. The van der Waals surface area contributed by atoms with Crippen LogP contribution in [0.1, 0.15) is 12.5 Å². The van der Waals surface area contributed by atoms with Crippen LogP contribution in [-0.4, -0.2) is 48.0 Å². The van der Waals surface area contributed by atoms with Gasteiger partial charge in [0.1, 0.15) is 12.4 Å². The lowest BCUT2D eigenvalue weighted by Crippen LogP contribution is -3.13. The summed E-state index contributed by atoms with van der Waals surface area (Å²) in [5.41, 5.74) is 0.894. The van der Waals surface area contributed by atoms with Crippen molar-refractivity contribution in [3.8, 4) is 5.75 Å². The van der Waals surface area contributed by atoms with Gasteiger partial charge in [-0.25, -0.2) is 4.39 Å². The van der Waals surface area contributed by atoms with E-state index in [0.717, 1.165) is 37.8 Å². The average molecular weight is 388 g/mol. The van der Waals surface area contributed by atoms with E-state index in [1.165, 1.54) is 17.4 Å². The molecule has 7 nitrogen and oxygen atoms in total. The number of rotatable bonds is 6. The number of nitro groups is 1. The van der Waals surface area contributed by atoms with Crippen molar-refractivity contribution in [1.82, 2.24) is 4.90 Å². The van der Waals surface area contributed by atoms with Crippen LogP contribution in [-0.2, 0) is 11.3 Å². The van der Waals surface area contributed by atoms with E-state index < -0.39 is 16.8 Å². The molecule has 148 valence electrons. The van der Waals surface area contributed by atoms with E-state index in [1.807, 2.05) is 18.2 Å². The summed E-state index contributed by atoms with van der Waals surface area (Å²) in [6.07, 6.45) is -0.934. The van der Waals surface area contributed by atoms with Gasteiger partial charge in [-0.2, -0.15) is 0 Å². The van der Waals surface area contributed by atoms with Crippen LogP contribution in [0, 0.1) is 15.9 Å². The second-order valence-corrected chi connectivity index (χ2v) is 6.87. The van der Waals surface area contributed by atoms with Crippen LogP contribution in [0.2, 0.25) is 0 Å². The second kappa shape index (κ2) is 8.79. The van der Waals surface area contributed by atoms with Gasteiger partial charge in [0.15, 0.2) is 6.10 Å². The Morgan fingerprint density at radius 3 is 2.57 bits per heavy atom. The minimum Gasteiger partial charge on any atom is -0.474 e. The van der Waals surface area contributed by atoms with Crippen molar-refractivity contribution < 1.29 is 23.7 Å². The molecule has 8 heteroatoms. The highest BCUT2D eigenvalue weighted by atomic mass is 19.1. The van der Waals surface area contributed by atoms with Gasteiger partial charge in [0.25, 0.3) is 5.91 Å². The summed E-state index contributed by atoms with van der Waals surface area (Å²) in [6.45, 7) is 5.23. The van der Waals surface area contributed by atoms with Gasteiger partial charge >= 0.3 is 5.69 Å². The normalized spacial score (nSPS) is 15.9. The predicted molar refractivity (Wildman–Crippen MR) is 101 cm³/mol. The highest BCUT2D eigenvalue weighted by molar-refractivity contribution is 5.81. The van der Waals surface area contributed by atoms with Crippen LogP contribution in [0.5, 0.6) is 5.75 Å². The highest BCUT2D eigenvalue weighted by Crippen LogP contribution is 2.28. The molecule has 0 aromatic heterocycles. The van der Waals surface area contributed by atoms with Crippen LogP contribution in [0.25, 0.3) is 0 Å². The summed E-state index contributed by atoms with van der Waals surface area (Å²) in [4.78, 5) is 26.2. The molecule has 1 aliphatic rings. The Hall–Kier alpha value is -3.00. The predicted octanol–water partition coefficient (Wildman–Crippen LogP) is 1.43. The first kappa shape index (κ1) is 19.8. The average Bonchev–Trinajstić information content (AvgIpc) is 2.68. The maximum Gasteiger partial charge on any atom is 0.311 e. The third kappa shape index (κ3) is 4.83. The minimum atomic E-state index is -0.934. The van der Waals surface area contributed by atoms with E-state index in [2.05, 4.69) is 12.1 Å². The largest absolute Gasteiger partial charge is 0.474 e. The number of quaternary nitrogens is 1. The number of halogens is 1. The molecule has 0 saturated carbocycles. The molecule has 1 N–H and O–H groups in total. The van der Waals surface area contributed by atoms with Crippen molar-refractivity contribution in [2.24, 2.45) is 0 Å². The van der Waals surface area contributed by atoms with Gasteiger partial charge in [0, 0.05) is 17.7 Å². The first-order valence-corrected chi connectivity index (χ1v) is 9.21. The third-order valence-electron chi connectivity index (χ3n) is 4.85. The first-order valence-electron chi connectivity index (χ1n) is 9.21. The summed E-state index contributed by atoms with van der Waals surface area (Å²) in [7, 11) is 0. The summed E-state index contributed by atoms with van der Waals surface area (Å²) >= 11 is 0. The number of hydrogen-bond donors (Lipinski definition) is 1. The molecular weight excluding hydrogens is 365 g/mol. The summed E-state index contributed by atoms with van der Waals surface area (Å²) in [5.74, 6) is -1.14. The molecule has 1 heterocycles. The number of carbonyl (C=O) groups is 1. The lowest BCUT2D eigenvalue weighted by molar-refractivity contribution is -0.917. The molecule has 2 aromatic carbocycles. The number of nitrogens with zero attached hydrogens (tertiary/aromatic N) is 2. The van der Waals surface area contributed by atoms with Gasteiger partial charge in [-0.15, -0.1) is 0 Å². The number of carbonyl (C=O) groups excluding carboxylic acids is 1. The maximum atomic E-state index is 13.4. The van der Waals surface area contributed by atoms with Gasteiger partial charge in [-0.1, -0.05) is 30.3 Å². The molecule has 1 amide bonds. The topological polar surface area (TPSA) is 77.1 Å². The highest BCUT2D eigenvalue weighted by Gasteiger charge is 2.29.